The van der Waals surface area contributed by atoms with Crippen LogP contribution in [0.2, 0.25) is 5.02 Å². The lowest BCUT2D eigenvalue weighted by Gasteiger charge is -2.45. The lowest BCUT2D eigenvalue weighted by Crippen LogP contribution is -2.53. The third kappa shape index (κ3) is 5.57. The van der Waals surface area contributed by atoms with Gasteiger partial charge in [0.25, 0.3) is 0 Å². The predicted molar refractivity (Wildman–Crippen MR) is 145 cm³/mol. The second-order valence-corrected chi connectivity index (χ2v) is 11.3. The van der Waals surface area contributed by atoms with Gasteiger partial charge in [-0.1, -0.05) is 55.8 Å². The normalized spacial score (nSPS) is 26.7. The lowest BCUT2D eigenvalue weighted by molar-refractivity contribution is -0.225. The Bertz CT molecular complexity index is 1190. The third-order valence-electron chi connectivity index (χ3n) is 8.04. The first-order chi connectivity index (χ1) is 18.3. The molecule has 7 heteroatoms. The second-order valence-electron chi connectivity index (χ2n) is 10.9. The molecule has 204 valence electrons. The minimum absolute atomic E-state index is 0.145. The van der Waals surface area contributed by atoms with E-state index in [1.165, 1.54) is 32.3 Å². The molecule has 0 spiro atoms. The zero-order chi connectivity index (χ0) is 27.0. The maximum absolute atomic E-state index is 12.2. The van der Waals surface area contributed by atoms with Gasteiger partial charge in [0.1, 0.15) is 18.0 Å². The highest BCUT2D eigenvalue weighted by Gasteiger charge is 2.49. The van der Waals surface area contributed by atoms with Gasteiger partial charge in [-0.3, -0.25) is 9.59 Å². The second kappa shape index (κ2) is 11.3. The maximum Gasteiger partial charge on any atom is 0.303 e. The van der Waals surface area contributed by atoms with E-state index in [1.807, 2.05) is 13.8 Å². The highest BCUT2D eigenvalue weighted by atomic mass is 35.5. The van der Waals surface area contributed by atoms with Crippen LogP contribution in [0.3, 0.4) is 0 Å². The van der Waals surface area contributed by atoms with Gasteiger partial charge >= 0.3 is 11.9 Å². The first-order valence-corrected chi connectivity index (χ1v) is 14.2. The molecule has 1 saturated heterocycles. The summed E-state index contributed by atoms with van der Waals surface area (Å²) in [5, 5.41) is 0.617. The average Bonchev–Trinajstić information content (AvgIpc) is 3.74. The summed E-state index contributed by atoms with van der Waals surface area (Å²) >= 11 is 6.96. The molecule has 0 amide bonds. The van der Waals surface area contributed by atoms with Crippen LogP contribution in [0.4, 0.5) is 0 Å². The Hall–Kier alpha value is -2.57. The molecule has 2 heterocycles. The van der Waals surface area contributed by atoms with Gasteiger partial charge in [-0.2, -0.15) is 0 Å². The van der Waals surface area contributed by atoms with Gasteiger partial charge in [-0.25, -0.2) is 0 Å². The van der Waals surface area contributed by atoms with Gasteiger partial charge in [0.2, 0.25) is 0 Å². The zero-order valence-electron chi connectivity index (χ0n) is 22.6. The summed E-state index contributed by atoms with van der Waals surface area (Å²) in [4.78, 5) is 24.3. The molecule has 5 atom stereocenters. The highest BCUT2D eigenvalue weighted by Crippen LogP contribution is 2.47. The van der Waals surface area contributed by atoms with Crippen LogP contribution in [-0.2, 0) is 36.6 Å². The van der Waals surface area contributed by atoms with Crippen LogP contribution in [0, 0.1) is 5.92 Å². The topological polar surface area (TPSA) is 71.1 Å². The van der Waals surface area contributed by atoms with E-state index in [-0.39, 0.29) is 12.0 Å². The van der Waals surface area contributed by atoms with E-state index in [4.69, 9.17) is 30.5 Å². The van der Waals surface area contributed by atoms with Crippen LogP contribution in [0.5, 0.6) is 5.75 Å². The number of hydrogen-bond donors (Lipinski definition) is 0. The number of carbonyl (C=O) groups excluding carboxylic acids is 2. The van der Waals surface area contributed by atoms with Gasteiger partial charge < -0.3 is 18.9 Å². The molecule has 1 aliphatic carbocycles. The number of rotatable bonds is 7. The number of esters is 2. The number of hydrogen-bond acceptors (Lipinski definition) is 6. The van der Waals surface area contributed by atoms with Crippen LogP contribution in [-0.4, -0.2) is 36.9 Å². The fourth-order valence-corrected chi connectivity index (χ4v) is 6.27. The quantitative estimate of drug-likeness (QED) is 0.374. The van der Waals surface area contributed by atoms with Gasteiger partial charge in [0.05, 0.1) is 17.7 Å². The first kappa shape index (κ1) is 27.0. The molecule has 0 bridgehead atoms. The van der Waals surface area contributed by atoms with Gasteiger partial charge in [0.15, 0.2) is 6.10 Å². The summed E-state index contributed by atoms with van der Waals surface area (Å²) in [7, 11) is 0. The molecular formula is C31H37ClO6. The molecular weight excluding hydrogens is 504 g/mol. The average molecular weight is 541 g/mol. The van der Waals surface area contributed by atoms with E-state index in [2.05, 4.69) is 30.3 Å². The summed E-state index contributed by atoms with van der Waals surface area (Å²) in [6.45, 7) is 7.37. The lowest BCUT2D eigenvalue weighted by atomic mass is 9.81. The molecule has 2 fully saturated rings. The summed E-state index contributed by atoms with van der Waals surface area (Å²) in [6, 6.07) is 10.9. The maximum atomic E-state index is 12.2. The van der Waals surface area contributed by atoms with Crippen molar-refractivity contribution in [2.24, 2.45) is 5.92 Å². The van der Waals surface area contributed by atoms with Gasteiger partial charge in [-0.05, 0) is 66.7 Å². The molecule has 2 aromatic rings. The van der Waals surface area contributed by atoms with Crippen molar-refractivity contribution in [2.45, 2.75) is 96.6 Å². The van der Waals surface area contributed by atoms with Crippen molar-refractivity contribution >= 4 is 23.5 Å². The molecule has 0 aromatic heterocycles. The molecule has 3 aliphatic rings. The minimum atomic E-state index is -0.785. The number of halogens is 1. The van der Waals surface area contributed by atoms with Crippen molar-refractivity contribution in [3.8, 4) is 5.75 Å². The number of carbonyl (C=O) groups is 2. The Morgan fingerprint density at radius 3 is 2.37 bits per heavy atom. The Morgan fingerprint density at radius 2 is 1.74 bits per heavy atom. The van der Waals surface area contributed by atoms with E-state index in [0.717, 1.165) is 41.5 Å². The van der Waals surface area contributed by atoms with Crippen molar-refractivity contribution in [3.05, 3.63) is 63.2 Å². The Labute approximate surface area is 229 Å². The molecule has 2 aromatic carbocycles. The largest absolute Gasteiger partial charge is 0.492 e. The van der Waals surface area contributed by atoms with Crippen molar-refractivity contribution in [2.75, 3.05) is 6.61 Å². The molecule has 2 aliphatic heterocycles. The smallest absolute Gasteiger partial charge is 0.303 e. The van der Waals surface area contributed by atoms with E-state index < -0.39 is 30.3 Å². The first-order valence-electron chi connectivity index (χ1n) is 13.8. The Morgan fingerprint density at radius 1 is 1.05 bits per heavy atom. The number of ether oxygens (including phenoxy) is 4. The van der Waals surface area contributed by atoms with Crippen LogP contribution in [0.25, 0.3) is 0 Å². The van der Waals surface area contributed by atoms with Crippen LogP contribution in [0.15, 0.2) is 30.3 Å². The Kier molecular flexibility index (Phi) is 8.01. The molecule has 5 rings (SSSR count). The Balaban J connectivity index is 1.57. The van der Waals surface area contributed by atoms with Gasteiger partial charge in [-0.15, -0.1) is 0 Å². The van der Waals surface area contributed by atoms with Crippen molar-refractivity contribution in [1.82, 2.24) is 0 Å². The SMILES string of the molecule is CC[C@H]1O[C@@H](c2cc(Cc3ccc(C4CC4)cc3)c(Cl)c3c2CCCO3)[C@H](OC(C)=O)[C@@H](OC(C)=O)[C@@H]1C. The third-order valence-corrected chi connectivity index (χ3v) is 8.45. The summed E-state index contributed by atoms with van der Waals surface area (Å²) in [5.41, 5.74) is 5.36. The molecule has 1 saturated carbocycles. The van der Waals surface area contributed by atoms with E-state index in [0.29, 0.717) is 29.7 Å². The predicted octanol–water partition coefficient (Wildman–Crippen LogP) is 6.48. The standard InChI is InChI=1S/C31H37ClO6/c1-5-26-17(2)28(36-18(3)33)31(37-19(4)34)30(38-26)25-16-23(27(32)29-24(25)7-6-14-35-29)15-20-8-10-21(11-9-20)22-12-13-22/h8-11,16-17,22,26,28,30-31H,5-7,12-15H2,1-4H3/t17-,26-,28+,30+,31-/m1/s1. The van der Waals surface area contributed by atoms with E-state index >= 15 is 0 Å². The molecule has 38 heavy (non-hydrogen) atoms. The van der Waals surface area contributed by atoms with Crippen molar-refractivity contribution in [3.63, 3.8) is 0 Å². The fourth-order valence-electron chi connectivity index (χ4n) is 5.98. The summed E-state index contributed by atoms with van der Waals surface area (Å²) in [5.74, 6) is 0.385. The monoisotopic (exact) mass is 540 g/mol. The highest BCUT2D eigenvalue weighted by molar-refractivity contribution is 6.33. The van der Waals surface area contributed by atoms with Crippen LogP contribution in [0.1, 0.15) is 93.2 Å². The summed E-state index contributed by atoms with van der Waals surface area (Å²) < 4.78 is 24.4. The molecule has 0 N–H and O–H groups in total. The van der Waals surface area contributed by atoms with E-state index in [1.54, 1.807) is 0 Å². The fraction of sp³-hybridized carbons (Fsp3) is 0.548. The van der Waals surface area contributed by atoms with Gasteiger partial charge in [0, 0.05) is 25.3 Å². The minimum Gasteiger partial charge on any atom is -0.492 e. The number of benzene rings is 2. The van der Waals surface area contributed by atoms with Crippen LogP contribution < -0.4 is 4.74 Å². The van der Waals surface area contributed by atoms with Crippen LogP contribution >= 0.6 is 11.6 Å². The molecule has 0 unspecified atom stereocenters. The molecule has 0 radical (unpaired) electrons. The number of fused-ring (bicyclic) bond motifs is 1. The van der Waals surface area contributed by atoms with Crippen molar-refractivity contribution < 1.29 is 28.5 Å². The van der Waals surface area contributed by atoms with E-state index in [9.17, 15) is 9.59 Å². The van der Waals surface area contributed by atoms with Crippen molar-refractivity contribution in [1.29, 1.82) is 0 Å². The zero-order valence-corrected chi connectivity index (χ0v) is 23.4. The summed E-state index contributed by atoms with van der Waals surface area (Å²) in [6.07, 6.45) is 3.33. The molecule has 6 nitrogen and oxygen atoms in total.